The predicted molar refractivity (Wildman–Crippen MR) is 73.8 cm³/mol. The molecule has 0 amide bonds. The van der Waals surface area contributed by atoms with Gasteiger partial charge in [-0.3, -0.25) is 0 Å². The molecule has 18 heavy (non-hydrogen) atoms. The van der Waals surface area contributed by atoms with Crippen LogP contribution in [-0.4, -0.2) is 16.4 Å². The molecule has 1 aliphatic carbocycles. The largest absolute Gasteiger partial charge is 0.476 e. The molecule has 0 bridgehead atoms. The van der Waals surface area contributed by atoms with Crippen LogP contribution in [0.1, 0.15) is 57.6 Å². The Balaban J connectivity index is 2.00. The molecule has 0 radical (unpaired) electrons. The standard InChI is InChI=1S/C14H25N3O/c1-10(2)13-12(15)14(17(3)16-13)18-9-11-7-5-4-6-8-11/h10-11H,4-9,15H2,1-3H3. The molecule has 1 heterocycles. The number of nitrogens with two attached hydrogens (primary N) is 1. The van der Waals surface area contributed by atoms with Crippen molar-refractivity contribution >= 4 is 5.69 Å². The van der Waals surface area contributed by atoms with E-state index in [1.165, 1.54) is 32.1 Å². The molecule has 0 spiro atoms. The van der Waals surface area contributed by atoms with Crippen LogP contribution in [-0.2, 0) is 7.05 Å². The topological polar surface area (TPSA) is 53.1 Å². The average Bonchev–Trinajstić information content (AvgIpc) is 2.64. The van der Waals surface area contributed by atoms with Gasteiger partial charge in [-0.05, 0) is 24.7 Å². The van der Waals surface area contributed by atoms with Crippen LogP contribution in [0.2, 0.25) is 0 Å². The first-order chi connectivity index (χ1) is 8.59. The van der Waals surface area contributed by atoms with E-state index in [1.54, 1.807) is 4.68 Å². The van der Waals surface area contributed by atoms with Crippen molar-refractivity contribution in [1.82, 2.24) is 9.78 Å². The van der Waals surface area contributed by atoms with Crippen LogP contribution in [0.3, 0.4) is 0 Å². The van der Waals surface area contributed by atoms with Gasteiger partial charge in [-0.1, -0.05) is 33.1 Å². The summed E-state index contributed by atoms with van der Waals surface area (Å²) >= 11 is 0. The van der Waals surface area contributed by atoms with Gasteiger partial charge < -0.3 is 10.5 Å². The zero-order chi connectivity index (χ0) is 13.1. The molecular formula is C14H25N3O. The van der Waals surface area contributed by atoms with E-state index in [1.807, 2.05) is 7.05 Å². The summed E-state index contributed by atoms with van der Waals surface area (Å²) in [5.41, 5.74) is 7.76. The molecule has 102 valence electrons. The molecule has 1 fully saturated rings. The first-order valence-corrected chi connectivity index (χ1v) is 7.04. The van der Waals surface area contributed by atoms with E-state index < -0.39 is 0 Å². The van der Waals surface area contributed by atoms with E-state index in [2.05, 4.69) is 18.9 Å². The minimum absolute atomic E-state index is 0.336. The monoisotopic (exact) mass is 251 g/mol. The summed E-state index contributed by atoms with van der Waals surface area (Å²) in [7, 11) is 1.90. The Morgan fingerprint density at radius 2 is 2.00 bits per heavy atom. The van der Waals surface area contributed by atoms with E-state index >= 15 is 0 Å². The molecule has 0 aromatic carbocycles. The van der Waals surface area contributed by atoms with Gasteiger partial charge in [0.2, 0.25) is 5.88 Å². The molecule has 0 unspecified atom stereocenters. The van der Waals surface area contributed by atoms with Crippen molar-refractivity contribution < 1.29 is 4.74 Å². The molecule has 4 heteroatoms. The minimum Gasteiger partial charge on any atom is -0.476 e. The third kappa shape index (κ3) is 2.79. The van der Waals surface area contributed by atoms with Gasteiger partial charge in [0.05, 0.1) is 12.3 Å². The van der Waals surface area contributed by atoms with Gasteiger partial charge in [0.25, 0.3) is 0 Å². The van der Waals surface area contributed by atoms with E-state index in [-0.39, 0.29) is 0 Å². The number of anilines is 1. The highest BCUT2D eigenvalue weighted by Crippen LogP contribution is 2.31. The van der Waals surface area contributed by atoms with Gasteiger partial charge in [0.15, 0.2) is 0 Å². The molecule has 0 saturated heterocycles. The third-order valence-corrected chi connectivity index (χ3v) is 3.79. The lowest BCUT2D eigenvalue weighted by molar-refractivity contribution is 0.197. The fourth-order valence-corrected chi connectivity index (χ4v) is 2.69. The molecule has 1 aliphatic rings. The number of rotatable bonds is 4. The van der Waals surface area contributed by atoms with E-state index in [0.29, 0.717) is 17.5 Å². The number of hydrogen-bond donors (Lipinski definition) is 1. The summed E-state index contributed by atoms with van der Waals surface area (Å²) in [6, 6.07) is 0. The number of aromatic nitrogens is 2. The van der Waals surface area contributed by atoms with Crippen molar-refractivity contribution in [3.8, 4) is 5.88 Å². The van der Waals surface area contributed by atoms with Crippen molar-refractivity contribution in [3.05, 3.63) is 5.69 Å². The van der Waals surface area contributed by atoms with Gasteiger partial charge in [0, 0.05) is 7.05 Å². The number of aryl methyl sites for hydroxylation is 1. The summed E-state index contributed by atoms with van der Waals surface area (Å²) < 4.78 is 7.68. The SMILES string of the molecule is CC(C)c1nn(C)c(OCC2CCCCC2)c1N. The van der Waals surface area contributed by atoms with Gasteiger partial charge in [0.1, 0.15) is 5.69 Å². The third-order valence-electron chi connectivity index (χ3n) is 3.79. The molecule has 1 aromatic heterocycles. The zero-order valence-corrected chi connectivity index (χ0v) is 11.8. The highest BCUT2D eigenvalue weighted by Gasteiger charge is 2.19. The Bertz CT molecular complexity index is 392. The van der Waals surface area contributed by atoms with Crippen LogP contribution in [0.5, 0.6) is 5.88 Å². The van der Waals surface area contributed by atoms with Gasteiger partial charge in [-0.15, -0.1) is 0 Å². The summed E-state index contributed by atoms with van der Waals surface area (Å²) in [5.74, 6) is 1.77. The Morgan fingerprint density at radius 1 is 1.33 bits per heavy atom. The summed E-state index contributed by atoms with van der Waals surface area (Å²) in [4.78, 5) is 0. The average molecular weight is 251 g/mol. The molecule has 2 rings (SSSR count). The fourth-order valence-electron chi connectivity index (χ4n) is 2.69. The molecule has 2 N–H and O–H groups in total. The summed E-state index contributed by atoms with van der Waals surface area (Å²) in [6.45, 7) is 4.98. The lowest BCUT2D eigenvalue weighted by Crippen LogP contribution is -2.16. The van der Waals surface area contributed by atoms with Crippen molar-refractivity contribution in [2.24, 2.45) is 13.0 Å². The maximum Gasteiger partial charge on any atom is 0.235 e. The van der Waals surface area contributed by atoms with E-state index in [0.717, 1.165) is 18.2 Å². The smallest absolute Gasteiger partial charge is 0.235 e. The summed E-state index contributed by atoms with van der Waals surface area (Å²) in [5, 5.41) is 4.44. The fraction of sp³-hybridized carbons (Fsp3) is 0.786. The first-order valence-electron chi connectivity index (χ1n) is 7.04. The zero-order valence-electron chi connectivity index (χ0n) is 11.8. The number of nitrogen functional groups attached to an aromatic ring is 1. The van der Waals surface area contributed by atoms with Crippen molar-refractivity contribution in [3.63, 3.8) is 0 Å². The number of nitrogens with zero attached hydrogens (tertiary/aromatic N) is 2. The quantitative estimate of drug-likeness (QED) is 0.894. The Morgan fingerprint density at radius 3 is 2.56 bits per heavy atom. The predicted octanol–water partition coefficient (Wildman–Crippen LogP) is 3.08. The molecule has 1 aromatic rings. The number of ether oxygens (including phenoxy) is 1. The maximum absolute atomic E-state index is 6.11. The lowest BCUT2D eigenvalue weighted by Gasteiger charge is -2.21. The van der Waals surface area contributed by atoms with Crippen LogP contribution in [0.4, 0.5) is 5.69 Å². The van der Waals surface area contributed by atoms with Crippen LogP contribution in [0.25, 0.3) is 0 Å². The first kappa shape index (κ1) is 13.2. The van der Waals surface area contributed by atoms with Crippen molar-refractivity contribution in [2.45, 2.75) is 51.9 Å². The number of hydrogen-bond acceptors (Lipinski definition) is 3. The molecule has 0 aliphatic heterocycles. The van der Waals surface area contributed by atoms with Crippen LogP contribution < -0.4 is 10.5 Å². The van der Waals surface area contributed by atoms with E-state index in [4.69, 9.17) is 10.5 Å². The molecule has 1 saturated carbocycles. The van der Waals surface area contributed by atoms with Gasteiger partial charge >= 0.3 is 0 Å². The Labute approximate surface area is 110 Å². The molecular weight excluding hydrogens is 226 g/mol. The van der Waals surface area contributed by atoms with Crippen molar-refractivity contribution in [1.29, 1.82) is 0 Å². The minimum atomic E-state index is 0.336. The van der Waals surface area contributed by atoms with Crippen LogP contribution >= 0.6 is 0 Å². The Kier molecular flexibility index (Phi) is 4.15. The second-order valence-corrected chi connectivity index (χ2v) is 5.70. The highest BCUT2D eigenvalue weighted by atomic mass is 16.5. The van der Waals surface area contributed by atoms with Crippen molar-refractivity contribution in [2.75, 3.05) is 12.3 Å². The molecule has 4 nitrogen and oxygen atoms in total. The van der Waals surface area contributed by atoms with Crippen LogP contribution in [0.15, 0.2) is 0 Å². The summed E-state index contributed by atoms with van der Waals surface area (Å²) in [6.07, 6.45) is 6.63. The van der Waals surface area contributed by atoms with Gasteiger partial charge in [-0.2, -0.15) is 5.10 Å². The lowest BCUT2D eigenvalue weighted by atomic mass is 9.90. The Hall–Kier alpha value is -1.19. The highest BCUT2D eigenvalue weighted by molar-refractivity contribution is 5.54. The second-order valence-electron chi connectivity index (χ2n) is 5.70. The maximum atomic E-state index is 6.11. The van der Waals surface area contributed by atoms with E-state index in [9.17, 15) is 0 Å². The van der Waals surface area contributed by atoms with Gasteiger partial charge in [-0.25, -0.2) is 4.68 Å². The second kappa shape index (κ2) is 5.63. The normalized spacial score (nSPS) is 17.3. The molecule has 0 atom stereocenters. The van der Waals surface area contributed by atoms with Crippen LogP contribution in [0, 0.1) is 5.92 Å².